The van der Waals surface area contributed by atoms with Crippen molar-refractivity contribution in [3.63, 3.8) is 0 Å². The van der Waals surface area contributed by atoms with Crippen LogP contribution in [0.2, 0.25) is 0 Å². The average molecular weight is 429 g/mol. The molecule has 0 radical (unpaired) electrons. The molecule has 1 N–H and O–H groups in total. The van der Waals surface area contributed by atoms with E-state index >= 15 is 0 Å². The lowest BCUT2D eigenvalue weighted by atomic mass is 10.0. The second kappa shape index (κ2) is 8.97. The number of ether oxygens (including phenoxy) is 2. The minimum atomic E-state index is 0. The van der Waals surface area contributed by atoms with E-state index in [2.05, 4.69) is 25.2 Å². The number of aromatic nitrogens is 4. The van der Waals surface area contributed by atoms with Crippen LogP contribution in [-0.4, -0.2) is 59.8 Å². The Kier molecular flexibility index (Phi) is 6.15. The third kappa shape index (κ3) is 4.11. The van der Waals surface area contributed by atoms with Crippen molar-refractivity contribution in [3.8, 4) is 22.9 Å². The summed E-state index contributed by atoms with van der Waals surface area (Å²) in [5.74, 6) is 2.62. The van der Waals surface area contributed by atoms with E-state index in [-0.39, 0.29) is 12.4 Å². The maximum Gasteiger partial charge on any atom is 0.242 e. The number of likely N-dealkylation sites (N-methyl/N-ethyl adjacent to an activating group) is 1. The van der Waals surface area contributed by atoms with Crippen LogP contribution in [0, 0.1) is 5.92 Å². The van der Waals surface area contributed by atoms with Crippen LogP contribution in [0.25, 0.3) is 22.3 Å². The SMILES string of the molecule is CN1CCOc2cc(-c3cc4nccnc4c(OC[C@H]4CCCNC4)n3)cnc21.Cl. The van der Waals surface area contributed by atoms with E-state index in [9.17, 15) is 0 Å². The molecule has 2 aliphatic heterocycles. The number of pyridine rings is 2. The van der Waals surface area contributed by atoms with E-state index in [1.165, 1.54) is 6.42 Å². The fourth-order valence-corrected chi connectivity index (χ4v) is 3.82. The molecule has 3 aromatic heterocycles. The smallest absolute Gasteiger partial charge is 0.242 e. The first-order chi connectivity index (χ1) is 14.3. The Hall–Kier alpha value is -2.71. The summed E-state index contributed by atoms with van der Waals surface area (Å²) < 4.78 is 11.9. The highest BCUT2D eigenvalue weighted by Crippen LogP contribution is 2.34. The number of anilines is 1. The van der Waals surface area contributed by atoms with Gasteiger partial charge in [0.2, 0.25) is 5.88 Å². The van der Waals surface area contributed by atoms with Crippen molar-refractivity contribution >= 4 is 29.3 Å². The molecular weight excluding hydrogens is 404 g/mol. The summed E-state index contributed by atoms with van der Waals surface area (Å²) in [5.41, 5.74) is 3.06. The van der Waals surface area contributed by atoms with Gasteiger partial charge in [0.15, 0.2) is 17.1 Å². The lowest BCUT2D eigenvalue weighted by molar-refractivity contribution is 0.214. The highest BCUT2D eigenvalue weighted by Gasteiger charge is 2.20. The predicted octanol–water partition coefficient (Wildman–Crippen LogP) is 2.72. The summed E-state index contributed by atoms with van der Waals surface area (Å²) >= 11 is 0. The van der Waals surface area contributed by atoms with Crippen molar-refractivity contribution in [2.75, 3.05) is 44.8 Å². The quantitative estimate of drug-likeness (QED) is 0.679. The molecule has 0 bridgehead atoms. The lowest BCUT2D eigenvalue weighted by Gasteiger charge is -2.26. The van der Waals surface area contributed by atoms with Crippen LogP contribution in [0.15, 0.2) is 30.7 Å². The highest BCUT2D eigenvalue weighted by molar-refractivity contribution is 5.85. The molecule has 5 heterocycles. The molecule has 1 atom stereocenters. The average Bonchev–Trinajstić information content (AvgIpc) is 2.78. The van der Waals surface area contributed by atoms with Crippen LogP contribution in [0.3, 0.4) is 0 Å². The molecule has 1 fully saturated rings. The maximum atomic E-state index is 6.14. The third-order valence-corrected chi connectivity index (χ3v) is 5.45. The topological polar surface area (TPSA) is 85.3 Å². The van der Waals surface area contributed by atoms with E-state index in [0.717, 1.165) is 54.4 Å². The Labute approximate surface area is 181 Å². The van der Waals surface area contributed by atoms with Gasteiger partial charge in [-0.15, -0.1) is 12.4 Å². The fourth-order valence-electron chi connectivity index (χ4n) is 3.82. The lowest BCUT2D eigenvalue weighted by Crippen LogP contribution is -2.33. The van der Waals surface area contributed by atoms with E-state index in [1.807, 2.05) is 25.4 Å². The molecule has 0 aromatic carbocycles. The minimum absolute atomic E-state index is 0. The first-order valence-electron chi connectivity index (χ1n) is 10.1. The van der Waals surface area contributed by atoms with Gasteiger partial charge < -0.3 is 19.7 Å². The zero-order valence-corrected chi connectivity index (χ0v) is 17.7. The molecule has 158 valence electrons. The van der Waals surface area contributed by atoms with Crippen LogP contribution < -0.4 is 19.7 Å². The molecule has 2 aliphatic rings. The molecule has 1 saturated heterocycles. The molecule has 0 saturated carbocycles. The number of nitrogens with zero attached hydrogens (tertiary/aromatic N) is 5. The van der Waals surface area contributed by atoms with Crippen molar-refractivity contribution in [3.05, 3.63) is 30.7 Å². The van der Waals surface area contributed by atoms with Gasteiger partial charge in [-0.1, -0.05) is 0 Å². The summed E-state index contributed by atoms with van der Waals surface area (Å²) in [7, 11) is 2.02. The second-order valence-electron chi connectivity index (χ2n) is 7.58. The Balaban J connectivity index is 0.00000218. The van der Waals surface area contributed by atoms with Crippen molar-refractivity contribution < 1.29 is 9.47 Å². The minimum Gasteiger partial charge on any atom is -0.488 e. The standard InChI is InChI=1S/C21H24N6O2.ClH/c1-27-7-8-28-18-9-15(12-25-20(18)27)16-10-17-19(24-6-5-23-17)21(26-16)29-13-14-3-2-4-22-11-14;/h5-6,9-10,12,14,22H,2-4,7-8,11,13H2,1H3;1H/t14-;/m0./s1. The monoisotopic (exact) mass is 428 g/mol. The molecular formula is C21H25ClN6O2. The second-order valence-corrected chi connectivity index (χ2v) is 7.58. The molecule has 0 amide bonds. The summed E-state index contributed by atoms with van der Waals surface area (Å²) in [6.45, 7) is 4.15. The first kappa shape index (κ1) is 20.6. The van der Waals surface area contributed by atoms with Gasteiger partial charge in [-0.25, -0.2) is 15.0 Å². The fraction of sp³-hybridized carbons (Fsp3) is 0.429. The Morgan fingerprint density at radius 3 is 3.00 bits per heavy atom. The zero-order valence-electron chi connectivity index (χ0n) is 16.9. The number of nitrogens with one attached hydrogen (secondary N) is 1. The summed E-state index contributed by atoms with van der Waals surface area (Å²) in [6, 6.07) is 3.91. The van der Waals surface area contributed by atoms with Gasteiger partial charge in [0.1, 0.15) is 6.61 Å². The van der Waals surface area contributed by atoms with Gasteiger partial charge in [0.05, 0.1) is 24.4 Å². The van der Waals surface area contributed by atoms with Gasteiger partial charge in [0.25, 0.3) is 0 Å². The summed E-state index contributed by atoms with van der Waals surface area (Å²) in [6.07, 6.45) is 7.52. The van der Waals surface area contributed by atoms with Gasteiger partial charge in [0, 0.05) is 43.7 Å². The molecule has 8 nitrogen and oxygen atoms in total. The zero-order chi connectivity index (χ0) is 19.6. The molecule has 30 heavy (non-hydrogen) atoms. The van der Waals surface area contributed by atoms with E-state index in [0.29, 0.717) is 30.5 Å². The van der Waals surface area contributed by atoms with Crippen LogP contribution in [0.5, 0.6) is 11.6 Å². The normalized spacial score (nSPS) is 18.3. The van der Waals surface area contributed by atoms with Gasteiger partial charge in [-0.05, 0) is 31.5 Å². The van der Waals surface area contributed by atoms with E-state index in [1.54, 1.807) is 12.4 Å². The Bertz CT molecular complexity index is 1030. The molecule has 9 heteroatoms. The van der Waals surface area contributed by atoms with Crippen LogP contribution in [-0.2, 0) is 0 Å². The van der Waals surface area contributed by atoms with Crippen LogP contribution in [0.1, 0.15) is 12.8 Å². The number of halogens is 1. The molecule has 3 aromatic rings. The summed E-state index contributed by atoms with van der Waals surface area (Å²) in [4.78, 5) is 20.4. The van der Waals surface area contributed by atoms with Crippen molar-refractivity contribution in [1.82, 2.24) is 25.3 Å². The molecule has 0 aliphatic carbocycles. The molecule has 0 unspecified atom stereocenters. The number of fused-ring (bicyclic) bond motifs is 2. The van der Waals surface area contributed by atoms with E-state index < -0.39 is 0 Å². The number of hydrogen-bond acceptors (Lipinski definition) is 8. The van der Waals surface area contributed by atoms with Crippen molar-refractivity contribution in [2.24, 2.45) is 5.92 Å². The van der Waals surface area contributed by atoms with Crippen molar-refractivity contribution in [2.45, 2.75) is 12.8 Å². The number of piperidine rings is 1. The molecule has 0 spiro atoms. The van der Waals surface area contributed by atoms with Crippen molar-refractivity contribution in [1.29, 1.82) is 0 Å². The summed E-state index contributed by atoms with van der Waals surface area (Å²) in [5, 5.41) is 3.42. The molecule has 5 rings (SSSR count). The highest BCUT2D eigenvalue weighted by atomic mass is 35.5. The van der Waals surface area contributed by atoms with Crippen LogP contribution in [0.4, 0.5) is 5.82 Å². The van der Waals surface area contributed by atoms with Gasteiger partial charge in [-0.2, -0.15) is 0 Å². The number of hydrogen-bond donors (Lipinski definition) is 1. The first-order valence-corrected chi connectivity index (χ1v) is 10.1. The van der Waals surface area contributed by atoms with Gasteiger partial charge >= 0.3 is 0 Å². The van der Waals surface area contributed by atoms with Gasteiger partial charge in [-0.3, -0.25) is 4.98 Å². The third-order valence-electron chi connectivity index (χ3n) is 5.45. The number of rotatable bonds is 4. The largest absolute Gasteiger partial charge is 0.488 e. The maximum absolute atomic E-state index is 6.14. The van der Waals surface area contributed by atoms with Crippen LogP contribution >= 0.6 is 12.4 Å². The van der Waals surface area contributed by atoms with E-state index in [4.69, 9.17) is 14.5 Å². The predicted molar refractivity (Wildman–Crippen MR) is 118 cm³/mol. The Morgan fingerprint density at radius 2 is 2.13 bits per heavy atom. The Morgan fingerprint density at radius 1 is 1.23 bits per heavy atom.